The van der Waals surface area contributed by atoms with E-state index < -0.39 is 9.85 Å². The smallest absolute Gasteiger partial charge is 0.258 e. The van der Waals surface area contributed by atoms with Crippen molar-refractivity contribution in [1.29, 1.82) is 0 Å². The lowest BCUT2D eigenvalue weighted by molar-refractivity contribution is -0.394. The second-order valence-electron chi connectivity index (χ2n) is 7.54. The summed E-state index contributed by atoms with van der Waals surface area (Å²) < 4.78 is 0. The molecule has 4 aliphatic carbocycles. The Balaban J connectivity index is 1.85. The Morgan fingerprint density at radius 1 is 0.913 bits per heavy atom. The van der Waals surface area contributed by atoms with Crippen molar-refractivity contribution in [3.8, 4) is 0 Å². The first-order valence-electron chi connectivity index (χ1n) is 8.01. The molecule has 0 aliphatic heterocycles. The topological polar surface area (TPSA) is 86.3 Å². The molecular formula is C16H17ClN2O4. The molecule has 6 nitrogen and oxygen atoms in total. The normalized spacial score (nSPS) is 34.6. The number of hydrogen-bond acceptors (Lipinski definition) is 4. The quantitative estimate of drug-likeness (QED) is 0.595. The molecule has 0 amide bonds. The highest BCUT2D eigenvalue weighted by Gasteiger charge is 2.52. The zero-order chi connectivity index (χ0) is 16.4. The molecule has 1 aromatic rings. The van der Waals surface area contributed by atoms with Crippen LogP contribution in [0.1, 0.15) is 44.1 Å². The van der Waals surface area contributed by atoms with Crippen molar-refractivity contribution in [3.05, 3.63) is 42.9 Å². The summed E-state index contributed by atoms with van der Waals surface area (Å²) in [5.41, 5.74) is -0.0629. The van der Waals surface area contributed by atoms with Crippen molar-refractivity contribution >= 4 is 23.0 Å². The van der Waals surface area contributed by atoms with E-state index in [2.05, 4.69) is 0 Å². The number of nitrogens with zero attached hydrogens (tertiary/aromatic N) is 2. The second-order valence-corrected chi connectivity index (χ2v) is 7.92. The van der Waals surface area contributed by atoms with Gasteiger partial charge >= 0.3 is 0 Å². The molecule has 0 atom stereocenters. The Morgan fingerprint density at radius 2 is 1.30 bits per heavy atom. The van der Waals surface area contributed by atoms with Gasteiger partial charge in [-0.3, -0.25) is 20.2 Å². The first-order valence-corrected chi connectivity index (χ1v) is 8.38. The zero-order valence-electron chi connectivity index (χ0n) is 12.5. The SMILES string of the molecule is O=[N+]([O-])c1cc(C23CC4CC(CC(C4)C2)C3)cc([N+](=O)[O-])c1Cl. The van der Waals surface area contributed by atoms with Crippen molar-refractivity contribution in [2.75, 3.05) is 0 Å². The molecule has 4 fully saturated rings. The first kappa shape index (κ1) is 14.9. The molecular weight excluding hydrogens is 320 g/mol. The molecule has 122 valence electrons. The van der Waals surface area contributed by atoms with Gasteiger partial charge in [0.2, 0.25) is 0 Å². The van der Waals surface area contributed by atoms with E-state index in [-0.39, 0.29) is 21.8 Å². The number of halogens is 1. The van der Waals surface area contributed by atoms with E-state index in [4.69, 9.17) is 11.6 Å². The van der Waals surface area contributed by atoms with E-state index in [0.717, 1.165) is 24.8 Å². The molecule has 0 N–H and O–H groups in total. The fourth-order valence-corrected chi connectivity index (χ4v) is 5.88. The average Bonchev–Trinajstić information content (AvgIpc) is 2.45. The van der Waals surface area contributed by atoms with Gasteiger partial charge in [0.1, 0.15) is 0 Å². The van der Waals surface area contributed by atoms with Crippen LogP contribution in [0.25, 0.3) is 0 Å². The summed E-state index contributed by atoms with van der Waals surface area (Å²) in [5, 5.41) is 22.2. The largest absolute Gasteiger partial charge is 0.295 e. The Morgan fingerprint density at radius 3 is 1.65 bits per heavy atom. The third kappa shape index (κ3) is 2.23. The molecule has 23 heavy (non-hydrogen) atoms. The predicted molar refractivity (Wildman–Crippen MR) is 84.6 cm³/mol. The van der Waals surface area contributed by atoms with Gasteiger partial charge in [-0.2, -0.15) is 0 Å². The fraction of sp³-hybridized carbons (Fsp3) is 0.625. The maximum absolute atomic E-state index is 11.3. The monoisotopic (exact) mass is 336 g/mol. The molecule has 4 bridgehead atoms. The highest BCUT2D eigenvalue weighted by Crippen LogP contribution is 2.61. The maximum Gasteiger partial charge on any atom is 0.295 e. The van der Waals surface area contributed by atoms with Crippen LogP contribution in [0.3, 0.4) is 0 Å². The number of nitro benzene ring substituents is 2. The standard InChI is InChI=1S/C16H17ClN2O4/c17-15-13(18(20)21)4-12(5-14(15)19(22)23)16-6-9-1-10(7-16)3-11(2-9)8-16/h4-5,9-11H,1-3,6-8H2. The first-order chi connectivity index (χ1) is 10.9. The Labute approximate surface area is 138 Å². The van der Waals surface area contributed by atoms with Crippen molar-refractivity contribution < 1.29 is 9.85 Å². The Bertz CT molecular complexity index is 648. The van der Waals surface area contributed by atoms with Gasteiger partial charge in [0, 0.05) is 12.1 Å². The third-order valence-electron chi connectivity index (χ3n) is 6.08. The molecule has 5 rings (SSSR count). The van der Waals surface area contributed by atoms with Crippen LogP contribution in [-0.2, 0) is 5.41 Å². The van der Waals surface area contributed by atoms with E-state index in [1.165, 1.54) is 31.4 Å². The molecule has 7 heteroatoms. The molecule has 0 aromatic heterocycles. The van der Waals surface area contributed by atoms with Crippen LogP contribution in [0.15, 0.2) is 12.1 Å². The molecule has 0 spiro atoms. The zero-order valence-corrected chi connectivity index (χ0v) is 13.3. The minimum absolute atomic E-state index is 0.130. The van der Waals surface area contributed by atoms with Gasteiger partial charge in [-0.15, -0.1) is 0 Å². The number of rotatable bonds is 3. The van der Waals surface area contributed by atoms with Gasteiger partial charge in [0.15, 0.2) is 5.02 Å². The van der Waals surface area contributed by atoms with E-state index in [0.29, 0.717) is 17.8 Å². The van der Waals surface area contributed by atoms with E-state index in [1.54, 1.807) is 0 Å². The Kier molecular flexibility index (Phi) is 3.17. The lowest BCUT2D eigenvalue weighted by Crippen LogP contribution is -2.48. The molecule has 0 heterocycles. The van der Waals surface area contributed by atoms with Gasteiger partial charge in [-0.05, 0) is 67.3 Å². The molecule has 0 unspecified atom stereocenters. The summed E-state index contributed by atoms with van der Waals surface area (Å²) in [7, 11) is 0. The Hall–Kier alpha value is -1.69. The van der Waals surface area contributed by atoms with Gasteiger partial charge in [0.05, 0.1) is 9.85 Å². The minimum atomic E-state index is -0.612. The summed E-state index contributed by atoms with van der Waals surface area (Å²) in [5.74, 6) is 1.99. The second kappa shape index (κ2) is 4.90. The lowest BCUT2D eigenvalue weighted by atomic mass is 9.48. The van der Waals surface area contributed by atoms with E-state index in [1.807, 2.05) is 0 Å². The van der Waals surface area contributed by atoms with Gasteiger partial charge in [-0.1, -0.05) is 11.6 Å². The van der Waals surface area contributed by atoms with Crippen molar-refractivity contribution in [2.24, 2.45) is 17.8 Å². The van der Waals surface area contributed by atoms with Crippen LogP contribution in [0.4, 0.5) is 11.4 Å². The van der Waals surface area contributed by atoms with Crippen LogP contribution < -0.4 is 0 Å². The molecule has 4 aliphatic rings. The van der Waals surface area contributed by atoms with Crippen LogP contribution >= 0.6 is 11.6 Å². The van der Waals surface area contributed by atoms with Crippen LogP contribution in [0.5, 0.6) is 0 Å². The number of hydrogen-bond donors (Lipinski definition) is 0. The summed E-state index contributed by atoms with van der Waals surface area (Å²) in [6, 6.07) is 2.98. The maximum atomic E-state index is 11.3. The summed E-state index contributed by atoms with van der Waals surface area (Å²) in [6.45, 7) is 0. The molecule has 0 radical (unpaired) electrons. The summed E-state index contributed by atoms with van der Waals surface area (Å²) >= 11 is 5.90. The third-order valence-corrected chi connectivity index (χ3v) is 6.47. The number of benzene rings is 1. The van der Waals surface area contributed by atoms with Crippen LogP contribution in [0.2, 0.25) is 5.02 Å². The van der Waals surface area contributed by atoms with Gasteiger partial charge in [0.25, 0.3) is 11.4 Å². The average molecular weight is 337 g/mol. The predicted octanol–water partition coefficient (Wildman–Crippen LogP) is 4.62. The van der Waals surface area contributed by atoms with E-state index >= 15 is 0 Å². The molecule has 4 saturated carbocycles. The fourth-order valence-electron chi connectivity index (χ4n) is 5.63. The molecule has 0 saturated heterocycles. The lowest BCUT2D eigenvalue weighted by Gasteiger charge is -2.57. The van der Waals surface area contributed by atoms with Gasteiger partial charge in [-0.25, -0.2) is 0 Å². The van der Waals surface area contributed by atoms with Crippen molar-refractivity contribution in [3.63, 3.8) is 0 Å². The van der Waals surface area contributed by atoms with Crippen molar-refractivity contribution in [2.45, 2.75) is 43.9 Å². The van der Waals surface area contributed by atoms with Crippen molar-refractivity contribution in [1.82, 2.24) is 0 Å². The van der Waals surface area contributed by atoms with Crippen LogP contribution in [0, 0.1) is 38.0 Å². The molecule has 1 aromatic carbocycles. The summed E-state index contributed by atoms with van der Waals surface area (Å²) in [6.07, 6.45) is 6.73. The highest BCUT2D eigenvalue weighted by atomic mass is 35.5. The minimum Gasteiger partial charge on any atom is -0.258 e. The van der Waals surface area contributed by atoms with E-state index in [9.17, 15) is 20.2 Å². The van der Waals surface area contributed by atoms with Crippen LogP contribution in [-0.4, -0.2) is 9.85 Å². The van der Waals surface area contributed by atoms with Gasteiger partial charge < -0.3 is 0 Å². The summed E-state index contributed by atoms with van der Waals surface area (Å²) in [4.78, 5) is 21.3. The number of nitro groups is 2. The highest BCUT2D eigenvalue weighted by molar-refractivity contribution is 6.34.